The molecule has 8 heavy (non-hydrogen) atoms. The SMILES string of the molecule is CCSCC(=O)NN. The van der Waals surface area contributed by atoms with Crippen LogP contribution in [0.1, 0.15) is 6.92 Å². The molecule has 0 aliphatic heterocycles. The van der Waals surface area contributed by atoms with Gasteiger partial charge in [0.15, 0.2) is 0 Å². The molecule has 3 N–H and O–H groups in total. The first-order chi connectivity index (χ1) is 3.81. The topological polar surface area (TPSA) is 55.1 Å². The van der Waals surface area contributed by atoms with Gasteiger partial charge in [0.05, 0.1) is 5.75 Å². The molecule has 1 amide bonds. The minimum absolute atomic E-state index is 0.114. The summed E-state index contributed by atoms with van der Waals surface area (Å²) in [5, 5.41) is 0. The molecule has 48 valence electrons. The van der Waals surface area contributed by atoms with E-state index in [1.165, 1.54) is 0 Å². The van der Waals surface area contributed by atoms with E-state index in [1.807, 2.05) is 12.3 Å². The third kappa shape index (κ3) is 3.95. The number of carbonyl (C=O) groups is 1. The molecular formula is C4H10N2OS. The molecule has 0 heterocycles. The lowest BCUT2D eigenvalue weighted by molar-refractivity contribution is -0.118. The summed E-state index contributed by atoms with van der Waals surface area (Å²) in [4.78, 5) is 10.3. The van der Waals surface area contributed by atoms with Crippen LogP contribution in [0.2, 0.25) is 0 Å². The van der Waals surface area contributed by atoms with Gasteiger partial charge in [0, 0.05) is 0 Å². The molecule has 0 atom stereocenters. The number of carbonyl (C=O) groups excluding carboxylic acids is 1. The van der Waals surface area contributed by atoms with Crippen LogP contribution in [0.15, 0.2) is 0 Å². The van der Waals surface area contributed by atoms with Crippen molar-refractivity contribution in [1.82, 2.24) is 5.43 Å². The molecule has 0 radical (unpaired) electrons. The van der Waals surface area contributed by atoms with Crippen molar-refractivity contribution < 1.29 is 4.79 Å². The zero-order valence-electron chi connectivity index (χ0n) is 4.81. The molecule has 0 unspecified atom stereocenters. The molecule has 3 nitrogen and oxygen atoms in total. The van der Waals surface area contributed by atoms with Gasteiger partial charge in [-0.05, 0) is 5.75 Å². The largest absolute Gasteiger partial charge is 0.294 e. The van der Waals surface area contributed by atoms with Gasteiger partial charge in [0.25, 0.3) is 0 Å². The highest BCUT2D eigenvalue weighted by Crippen LogP contribution is 1.95. The normalized spacial score (nSPS) is 8.75. The van der Waals surface area contributed by atoms with Gasteiger partial charge in [0.1, 0.15) is 0 Å². The summed E-state index contributed by atoms with van der Waals surface area (Å²) >= 11 is 1.55. The van der Waals surface area contributed by atoms with E-state index in [-0.39, 0.29) is 5.91 Å². The van der Waals surface area contributed by atoms with Gasteiger partial charge in [0.2, 0.25) is 5.91 Å². The van der Waals surface area contributed by atoms with Gasteiger partial charge in [-0.3, -0.25) is 10.2 Å². The summed E-state index contributed by atoms with van der Waals surface area (Å²) in [7, 11) is 0. The Labute approximate surface area is 53.0 Å². The Balaban J connectivity index is 2.99. The number of nitrogens with two attached hydrogens (primary N) is 1. The first kappa shape index (κ1) is 7.78. The van der Waals surface area contributed by atoms with Gasteiger partial charge in [-0.25, -0.2) is 5.84 Å². The molecule has 0 bridgehead atoms. The monoisotopic (exact) mass is 134 g/mol. The average molecular weight is 134 g/mol. The maximum atomic E-state index is 10.3. The second-order valence-electron chi connectivity index (χ2n) is 1.20. The number of hydrazine groups is 1. The van der Waals surface area contributed by atoms with Crippen molar-refractivity contribution in [3.8, 4) is 0 Å². The zero-order chi connectivity index (χ0) is 6.41. The van der Waals surface area contributed by atoms with E-state index in [4.69, 9.17) is 5.84 Å². The lowest BCUT2D eigenvalue weighted by Crippen LogP contribution is -2.31. The molecule has 0 aromatic carbocycles. The van der Waals surface area contributed by atoms with Crippen molar-refractivity contribution in [2.45, 2.75) is 6.92 Å². The van der Waals surface area contributed by atoms with E-state index in [9.17, 15) is 4.79 Å². The quantitative estimate of drug-likeness (QED) is 0.317. The molecule has 0 saturated carbocycles. The highest BCUT2D eigenvalue weighted by molar-refractivity contribution is 7.99. The van der Waals surface area contributed by atoms with Crippen LogP contribution in [0.25, 0.3) is 0 Å². The Bertz CT molecular complexity index is 76.4. The molecule has 0 saturated heterocycles. The van der Waals surface area contributed by atoms with E-state index in [2.05, 4.69) is 0 Å². The zero-order valence-corrected chi connectivity index (χ0v) is 5.62. The van der Waals surface area contributed by atoms with Crippen LogP contribution in [-0.2, 0) is 4.79 Å². The highest BCUT2D eigenvalue weighted by Gasteiger charge is 1.93. The van der Waals surface area contributed by atoms with Crippen molar-refractivity contribution in [2.75, 3.05) is 11.5 Å². The lowest BCUT2D eigenvalue weighted by atomic mass is 10.8. The molecule has 0 spiro atoms. The first-order valence-electron chi connectivity index (χ1n) is 2.38. The lowest BCUT2D eigenvalue weighted by Gasteiger charge is -1.94. The van der Waals surface area contributed by atoms with Gasteiger partial charge in [-0.2, -0.15) is 11.8 Å². The number of nitrogens with one attached hydrogen (secondary N) is 1. The number of amides is 1. The van der Waals surface area contributed by atoms with Crippen LogP contribution < -0.4 is 11.3 Å². The fourth-order valence-corrected chi connectivity index (χ4v) is 0.709. The van der Waals surface area contributed by atoms with Crippen LogP contribution in [0.3, 0.4) is 0 Å². The van der Waals surface area contributed by atoms with Crippen LogP contribution in [0.4, 0.5) is 0 Å². The van der Waals surface area contributed by atoms with Crippen LogP contribution >= 0.6 is 11.8 Å². The third-order valence-corrected chi connectivity index (χ3v) is 1.47. The van der Waals surface area contributed by atoms with E-state index in [0.717, 1.165) is 5.75 Å². The fourth-order valence-electron chi connectivity index (χ4n) is 0.236. The molecule has 0 aromatic heterocycles. The van der Waals surface area contributed by atoms with Crippen molar-refractivity contribution in [1.29, 1.82) is 0 Å². The predicted octanol–water partition coefficient (Wildman–Crippen LogP) is -0.271. The summed E-state index contributed by atoms with van der Waals surface area (Å²) in [6, 6.07) is 0. The Kier molecular flexibility index (Phi) is 4.79. The predicted molar refractivity (Wildman–Crippen MR) is 35.3 cm³/mol. The smallest absolute Gasteiger partial charge is 0.243 e. The molecular weight excluding hydrogens is 124 g/mol. The van der Waals surface area contributed by atoms with Gasteiger partial charge >= 0.3 is 0 Å². The van der Waals surface area contributed by atoms with E-state index >= 15 is 0 Å². The molecule has 0 aliphatic rings. The van der Waals surface area contributed by atoms with Crippen molar-refractivity contribution in [3.05, 3.63) is 0 Å². The number of rotatable bonds is 3. The first-order valence-corrected chi connectivity index (χ1v) is 3.54. The minimum Gasteiger partial charge on any atom is -0.294 e. The van der Waals surface area contributed by atoms with Crippen molar-refractivity contribution >= 4 is 17.7 Å². The minimum atomic E-state index is -0.114. The van der Waals surface area contributed by atoms with Crippen LogP contribution in [0.5, 0.6) is 0 Å². The molecule has 0 aliphatic carbocycles. The molecule has 0 fully saturated rings. The summed E-state index contributed by atoms with van der Waals surface area (Å²) in [6.45, 7) is 1.99. The molecule has 4 heteroatoms. The van der Waals surface area contributed by atoms with Gasteiger partial charge in [-0.15, -0.1) is 0 Å². The van der Waals surface area contributed by atoms with Gasteiger partial charge < -0.3 is 0 Å². The number of thioether (sulfide) groups is 1. The second kappa shape index (κ2) is 4.93. The van der Waals surface area contributed by atoms with Crippen molar-refractivity contribution in [2.24, 2.45) is 5.84 Å². The van der Waals surface area contributed by atoms with Crippen LogP contribution in [-0.4, -0.2) is 17.4 Å². The third-order valence-electron chi connectivity index (χ3n) is 0.598. The molecule has 0 aromatic rings. The average Bonchev–Trinajstić information content (AvgIpc) is 1.83. The fraction of sp³-hybridized carbons (Fsp3) is 0.750. The summed E-state index contributed by atoms with van der Waals surface area (Å²) in [6.07, 6.45) is 0. The highest BCUT2D eigenvalue weighted by atomic mass is 32.2. The summed E-state index contributed by atoms with van der Waals surface area (Å²) in [5.41, 5.74) is 2.04. The number of hydrogen-bond donors (Lipinski definition) is 2. The van der Waals surface area contributed by atoms with E-state index in [0.29, 0.717) is 5.75 Å². The van der Waals surface area contributed by atoms with Crippen molar-refractivity contribution in [3.63, 3.8) is 0 Å². The summed E-state index contributed by atoms with van der Waals surface area (Å²) < 4.78 is 0. The van der Waals surface area contributed by atoms with Gasteiger partial charge in [-0.1, -0.05) is 6.92 Å². The Morgan fingerprint density at radius 2 is 2.50 bits per heavy atom. The van der Waals surface area contributed by atoms with Crippen LogP contribution in [0, 0.1) is 0 Å². The Morgan fingerprint density at radius 3 is 2.88 bits per heavy atom. The second-order valence-corrected chi connectivity index (χ2v) is 2.48. The molecule has 0 rings (SSSR count). The van der Waals surface area contributed by atoms with E-state index < -0.39 is 0 Å². The maximum Gasteiger partial charge on any atom is 0.243 e. The summed E-state index contributed by atoms with van der Waals surface area (Å²) in [5.74, 6) is 6.10. The number of hydrogen-bond acceptors (Lipinski definition) is 3. The maximum absolute atomic E-state index is 10.3. The Hall–Kier alpha value is -0.220. The standard InChI is InChI=1S/C4H10N2OS/c1-2-8-3-4(7)6-5/h2-3,5H2,1H3,(H,6,7). The van der Waals surface area contributed by atoms with E-state index in [1.54, 1.807) is 11.8 Å². The Morgan fingerprint density at radius 1 is 1.88 bits per heavy atom.